The van der Waals surface area contributed by atoms with Crippen LogP contribution in [0.2, 0.25) is 5.02 Å². The highest BCUT2D eigenvalue weighted by Gasteiger charge is 2.15. The molecule has 3 N–H and O–H groups in total. The quantitative estimate of drug-likeness (QED) is 0.895. The summed E-state index contributed by atoms with van der Waals surface area (Å²) in [6.07, 6.45) is 0. The number of carbonyl (C=O) groups excluding carboxylic acids is 1. The Morgan fingerprint density at radius 2 is 1.91 bits per heavy atom. The van der Waals surface area contributed by atoms with Crippen molar-refractivity contribution >= 4 is 27.5 Å². The molecule has 0 aromatic heterocycles. The number of aryl methyl sites for hydroxylation is 1. The molecule has 0 fully saturated rings. The summed E-state index contributed by atoms with van der Waals surface area (Å²) < 4.78 is 22.7. The van der Waals surface area contributed by atoms with Crippen molar-refractivity contribution in [2.45, 2.75) is 18.4 Å². The molecule has 5 nitrogen and oxygen atoms in total. The second-order valence-corrected chi connectivity index (χ2v) is 6.76. The van der Waals surface area contributed by atoms with E-state index in [2.05, 4.69) is 5.32 Å². The summed E-state index contributed by atoms with van der Waals surface area (Å²) in [6.45, 7) is 2.26. The average molecular weight is 339 g/mol. The highest BCUT2D eigenvalue weighted by molar-refractivity contribution is 7.89. The first-order valence-corrected chi connectivity index (χ1v) is 8.36. The third kappa shape index (κ3) is 3.85. The van der Waals surface area contributed by atoms with Crippen molar-refractivity contribution < 1.29 is 13.2 Å². The third-order valence-corrected chi connectivity index (χ3v) is 4.45. The Hall–Kier alpha value is -1.89. The van der Waals surface area contributed by atoms with Crippen molar-refractivity contribution in [3.63, 3.8) is 0 Å². The van der Waals surface area contributed by atoms with Crippen LogP contribution < -0.4 is 10.5 Å². The molecular weight excluding hydrogens is 324 g/mol. The van der Waals surface area contributed by atoms with E-state index in [-0.39, 0.29) is 15.5 Å². The highest BCUT2D eigenvalue weighted by atomic mass is 35.5. The molecule has 2 aromatic carbocycles. The molecule has 0 saturated heterocycles. The lowest BCUT2D eigenvalue weighted by Crippen LogP contribution is -2.24. The molecule has 116 valence electrons. The zero-order valence-electron chi connectivity index (χ0n) is 11.8. The Bertz CT molecular complexity index is 819. The fraction of sp³-hybridized carbons (Fsp3) is 0.133. The Morgan fingerprint density at radius 3 is 2.55 bits per heavy atom. The Labute approximate surface area is 134 Å². The van der Waals surface area contributed by atoms with Gasteiger partial charge in [0.2, 0.25) is 10.0 Å². The van der Waals surface area contributed by atoms with Gasteiger partial charge in [-0.25, -0.2) is 13.6 Å². The standard InChI is InChI=1S/C15H15ClN2O3S/c1-10-4-2-3-5-11(10)9-18-15(19)13-8-12(22(17,20)21)6-7-14(13)16/h2-8H,9H2,1H3,(H,18,19)(H2,17,20,21). The van der Waals surface area contributed by atoms with Crippen LogP contribution in [-0.2, 0) is 16.6 Å². The highest BCUT2D eigenvalue weighted by Crippen LogP contribution is 2.20. The van der Waals surface area contributed by atoms with Gasteiger partial charge >= 0.3 is 0 Å². The van der Waals surface area contributed by atoms with E-state index in [9.17, 15) is 13.2 Å². The van der Waals surface area contributed by atoms with Gasteiger partial charge in [-0.1, -0.05) is 35.9 Å². The number of hydrogen-bond donors (Lipinski definition) is 2. The number of benzene rings is 2. The van der Waals surface area contributed by atoms with Crippen LogP contribution >= 0.6 is 11.6 Å². The molecule has 2 rings (SSSR count). The maximum atomic E-state index is 12.2. The van der Waals surface area contributed by atoms with E-state index in [1.54, 1.807) is 0 Å². The monoisotopic (exact) mass is 338 g/mol. The SMILES string of the molecule is Cc1ccccc1CNC(=O)c1cc(S(N)(=O)=O)ccc1Cl. The van der Waals surface area contributed by atoms with Gasteiger partial charge < -0.3 is 5.32 Å². The average Bonchev–Trinajstić information content (AvgIpc) is 2.45. The van der Waals surface area contributed by atoms with Crippen LogP contribution in [0.1, 0.15) is 21.5 Å². The molecule has 0 spiro atoms. The van der Waals surface area contributed by atoms with Crippen molar-refractivity contribution in [1.29, 1.82) is 0 Å². The van der Waals surface area contributed by atoms with Gasteiger partial charge in [-0.05, 0) is 36.2 Å². The number of halogens is 1. The van der Waals surface area contributed by atoms with Crippen LogP contribution in [0.15, 0.2) is 47.4 Å². The minimum Gasteiger partial charge on any atom is -0.348 e. The van der Waals surface area contributed by atoms with Gasteiger partial charge in [0.25, 0.3) is 5.91 Å². The van der Waals surface area contributed by atoms with Crippen molar-refractivity contribution in [2.24, 2.45) is 5.14 Å². The first kappa shape index (κ1) is 16.5. The van der Waals surface area contributed by atoms with Crippen LogP contribution in [-0.4, -0.2) is 14.3 Å². The molecule has 0 aliphatic heterocycles. The molecule has 0 unspecified atom stereocenters. The van der Waals surface area contributed by atoms with E-state index in [1.165, 1.54) is 18.2 Å². The van der Waals surface area contributed by atoms with Crippen molar-refractivity contribution in [3.05, 3.63) is 64.2 Å². The molecule has 0 radical (unpaired) electrons. The Morgan fingerprint density at radius 1 is 1.23 bits per heavy atom. The van der Waals surface area contributed by atoms with Crippen LogP contribution in [0.4, 0.5) is 0 Å². The molecule has 0 aliphatic rings. The molecule has 0 saturated carbocycles. The lowest BCUT2D eigenvalue weighted by Gasteiger charge is -2.10. The minimum atomic E-state index is -3.89. The summed E-state index contributed by atoms with van der Waals surface area (Å²) in [4.78, 5) is 12.0. The first-order valence-electron chi connectivity index (χ1n) is 6.44. The molecule has 0 atom stereocenters. The zero-order valence-corrected chi connectivity index (χ0v) is 13.4. The van der Waals surface area contributed by atoms with Crippen molar-refractivity contribution in [1.82, 2.24) is 5.32 Å². The third-order valence-electron chi connectivity index (χ3n) is 3.21. The number of primary sulfonamides is 1. The second-order valence-electron chi connectivity index (χ2n) is 4.80. The fourth-order valence-corrected chi connectivity index (χ4v) is 2.68. The molecule has 1 amide bonds. The zero-order chi connectivity index (χ0) is 16.3. The summed E-state index contributed by atoms with van der Waals surface area (Å²) >= 11 is 5.96. The van der Waals surface area contributed by atoms with Crippen LogP contribution in [0.3, 0.4) is 0 Å². The van der Waals surface area contributed by atoms with Gasteiger partial charge in [0.15, 0.2) is 0 Å². The Balaban J connectivity index is 2.21. The first-order chi connectivity index (χ1) is 10.3. The van der Waals surface area contributed by atoms with E-state index in [1.807, 2.05) is 31.2 Å². The Kier molecular flexibility index (Phi) is 4.85. The predicted octanol–water partition coefficient (Wildman–Crippen LogP) is 2.23. The molecule has 0 aliphatic carbocycles. The van der Waals surface area contributed by atoms with Gasteiger partial charge in [0, 0.05) is 6.54 Å². The van der Waals surface area contributed by atoms with E-state index in [4.69, 9.17) is 16.7 Å². The van der Waals surface area contributed by atoms with E-state index in [0.717, 1.165) is 11.1 Å². The maximum Gasteiger partial charge on any atom is 0.253 e. The topological polar surface area (TPSA) is 89.3 Å². The van der Waals surface area contributed by atoms with Gasteiger partial charge in [0.1, 0.15) is 0 Å². The maximum absolute atomic E-state index is 12.2. The fourth-order valence-electron chi connectivity index (χ4n) is 1.93. The minimum absolute atomic E-state index is 0.0711. The molecule has 22 heavy (non-hydrogen) atoms. The van der Waals surface area contributed by atoms with E-state index >= 15 is 0 Å². The van der Waals surface area contributed by atoms with Crippen LogP contribution in [0, 0.1) is 6.92 Å². The van der Waals surface area contributed by atoms with Crippen molar-refractivity contribution in [2.75, 3.05) is 0 Å². The summed E-state index contributed by atoms with van der Waals surface area (Å²) in [5.74, 6) is -0.459. The van der Waals surface area contributed by atoms with Gasteiger partial charge in [-0.2, -0.15) is 0 Å². The van der Waals surface area contributed by atoms with Crippen LogP contribution in [0.5, 0.6) is 0 Å². The molecule has 2 aromatic rings. The number of rotatable bonds is 4. The normalized spacial score (nSPS) is 11.2. The summed E-state index contributed by atoms with van der Waals surface area (Å²) in [6, 6.07) is 11.4. The lowest BCUT2D eigenvalue weighted by atomic mass is 10.1. The number of hydrogen-bond acceptors (Lipinski definition) is 3. The van der Waals surface area contributed by atoms with Crippen molar-refractivity contribution in [3.8, 4) is 0 Å². The summed E-state index contributed by atoms with van der Waals surface area (Å²) in [7, 11) is -3.89. The largest absolute Gasteiger partial charge is 0.348 e. The van der Waals surface area contributed by atoms with Gasteiger partial charge in [-0.15, -0.1) is 0 Å². The number of sulfonamides is 1. The van der Waals surface area contributed by atoms with Crippen LogP contribution in [0.25, 0.3) is 0 Å². The number of carbonyl (C=O) groups is 1. The smallest absolute Gasteiger partial charge is 0.253 e. The summed E-state index contributed by atoms with van der Waals surface area (Å²) in [5.41, 5.74) is 2.09. The summed E-state index contributed by atoms with van der Waals surface area (Å²) in [5, 5.41) is 7.94. The number of nitrogens with two attached hydrogens (primary N) is 1. The lowest BCUT2D eigenvalue weighted by molar-refractivity contribution is 0.0951. The molecular formula is C15H15ClN2O3S. The second kappa shape index (κ2) is 6.48. The molecule has 0 heterocycles. The van der Waals surface area contributed by atoms with E-state index < -0.39 is 15.9 Å². The van der Waals surface area contributed by atoms with Gasteiger partial charge in [0.05, 0.1) is 15.5 Å². The molecule has 7 heteroatoms. The molecule has 0 bridgehead atoms. The number of amides is 1. The predicted molar refractivity (Wildman–Crippen MR) is 85.2 cm³/mol. The van der Waals surface area contributed by atoms with Gasteiger partial charge in [-0.3, -0.25) is 4.79 Å². The van der Waals surface area contributed by atoms with E-state index in [0.29, 0.717) is 6.54 Å². The number of nitrogens with one attached hydrogen (secondary N) is 1.